The third-order valence-corrected chi connectivity index (χ3v) is 7.76. The number of carbonyl (C=O) groups excluding carboxylic acids is 2. The minimum absolute atomic E-state index is 0. The summed E-state index contributed by atoms with van der Waals surface area (Å²) in [5, 5.41) is 13.3. The summed E-state index contributed by atoms with van der Waals surface area (Å²) in [6, 6.07) is 6.80. The van der Waals surface area contributed by atoms with Crippen LogP contribution in [0.1, 0.15) is 40.5 Å². The molecule has 3 aromatic rings. The SMILES string of the molecule is CN[C@@H](C)CN[C@H](C(=O)N1CCC[C@H]1C(=O)Nc1cc2c(Nc3ccc(F)c(Cl)c3)ncnc2cc1OC)C(C)(C)C.Cl. The highest BCUT2D eigenvalue weighted by molar-refractivity contribution is 6.31. The molecule has 2 aromatic carbocycles. The molecule has 1 aliphatic rings. The number of hydrogen-bond donors (Lipinski definition) is 4. The fourth-order valence-corrected chi connectivity index (χ4v) is 5.19. The van der Waals surface area contributed by atoms with Crippen molar-refractivity contribution < 1.29 is 18.7 Å². The molecule has 4 N–H and O–H groups in total. The highest BCUT2D eigenvalue weighted by Crippen LogP contribution is 2.34. The summed E-state index contributed by atoms with van der Waals surface area (Å²) in [5.74, 6) is -0.0656. The molecule has 1 fully saturated rings. The first-order valence-corrected chi connectivity index (χ1v) is 14.4. The zero-order chi connectivity index (χ0) is 30.6. The number of halogens is 3. The minimum atomic E-state index is -0.628. The van der Waals surface area contributed by atoms with Crippen LogP contribution in [0.25, 0.3) is 10.9 Å². The van der Waals surface area contributed by atoms with Crippen molar-refractivity contribution in [2.45, 2.75) is 58.7 Å². The van der Waals surface area contributed by atoms with E-state index < -0.39 is 17.9 Å². The summed E-state index contributed by atoms with van der Waals surface area (Å²) in [6.07, 6.45) is 2.68. The van der Waals surface area contributed by atoms with Gasteiger partial charge in [0.1, 0.15) is 29.8 Å². The summed E-state index contributed by atoms with van der Waals surface area (Å²) in [5.41, 5.74) is 1.17. The lowest BCUT2D eigenvalue weighted by molar-refractivity contribution is -0.140. The largest absolute Gasteiger partial charge is 0.494 e. The highest BCUT2D eigenvalue weighted by atomic mass is 35.5. The van der Waals surface area contributed by atoms with Gasteiger partial charge in [-0.2, -0.15) is 0 Å². The molecule has 0 aliphatic carbocycles. The van der Waals surface area contributed by atoms with Crippen LogP contribution in [0.15, 0.2) is 36.7 Å². The van der Waals surface area contributed by atoms with Crippen LogP contribution in [-0.4, -0.2) is 72.1 Å². The van der Waals surface area contributed by atoms with Crippen LogP contribution < -0.4 is 26.0 Å². The Labute approximate surface area is 262 Å². The highest BCUT2D eigenvalue weighted by Gasteiger charge is 2.41. The number of carbonyl (C=O) groups is 2. The van der Waals surface area contributed by atoms with Crippen LogP contribution >= 0.6 is 24.0 Å². The Hall–Kier alpha value is -3.25. The number of likely N-dealkylation sites (tertiary alicyclic amines) is 1. The third kappa shape index (κ3) is 8.03. The second-order valence-electron chi connectivity index (χ2n) is 11.6. The van der Waals surface area contributed by atoms with E-state index in [9.17, 15) is 14.0 Å². The first-order valence-electron chi connectivity index (χ1n) is 14.0. The number of likely N-dealkylation sites (N-methyl/N-ethyl adjacent to an activating group) is 1. The molecular weight excluding hydrogens is 596 g/mol. The molecule has 234 valence electrons. The average Bonchev–Trinajstić information content (AvgIpc) is 3.44. The summed E-state index contributed by atoms with van der Waals surface area (Å²) < 4.78 is 19.2. The lowest BCUT2D eigenvalue weighted by Crippen LogP contribution is -2.57. The van der Waals surface area contributed by atoms with E-state index in [1.807, 2.05) is 34.7 Å². The first-order chi connectivity index (χ1) is 19.9. The van der Waals surface area contributed by atoms with E-state index in [1.165, 1.54) is 25.6 Å². The van der Waals surface area contributed by atoms with Gasteiger partial charge in [0.15, 0.2) is 0 Å². The molecule has 43 heavy (non-hydrogen) atoms. The molecule has 3 atom stereocenters. The van der Waals surface area contributed by atoms with E-state index in [2.05, 4.69) is 31.2 Å². The van der Waals surface area contributed by atoms with Gasteiger partial charge < -0.3 is 30.9 Å². The number of fused-ring (bicyclic) bond motifs is 1. The van der Waals surface area contributed by atoms with Gasteiger partial charge in [0.05, 0.1) is 29.4 Å². The van der Waals surface area contributed by atoms with Crippen molar-refractivity contribution in [3.63, 3.8) is 0 Å². The van der Waals surface area contributed by atoms with Crippen LogP contribution in [0.2, 0.25) is 5.02 Å². The fourth-order valence-electron chi connectivity index (χ4n) is 5.01. The summed E-state index contributed by atoms with van der Waals surface area (Å²) in [4.78, 5) is 37.8. The van der Waals surface area contributed by atoms with Gasteiger partial charge in [0, 0.05) is 36.3 Å². The number of nitrogens with zero attached hydrogens (tertiary/aromatic N) is 3. The summed E-state index contributed by atoms with van der Waals surface area (Å²) >= 11 is 5.95. The lowest BCUT2D eigenvalue weighted by Gasteiger charge is -2.36. The number of hydrogen-bond acceptors (Lipinski definition) is 8. The van der Waals surface area contributed by atoms with E-state index in [0.717, 1.165) is 6.42 Å². The van der Waals surface area contributed by atoms with Gasteiger partial charge in [-0.1, -0.05) is 32.4 Å². The van der Waals surface area contributed by atoms with E-state index in [-0.39, 0.29) is 40.7 Å². The number of anilines is 3. The maximum absolute atomic E-state index is 13.8. The Morgan fingerprint density at radius 1 is 1.21 bits per heavy atom. The van der Waals surface area contributed by atoms with Crippen molar-refractivity contribution in [2.75, 3.05) is 37.9 Å². The van der Waals surface area contributed by atoms with Gasteiger partial charge in [0.25, 0.3) is 0 Å². The normalized spacial score (nSPS) is 16.4. The molecular formula is C30H40Cl2FN7O3. The Balaban J connectivity index is 0.00000506. The summed E-state index contributed by atoms with van der Waals surface area (Å²) in [7, 11) is 3.39. The number of aromatic nitrogens is 2. The third-order valence-electron chi connectivity index (χ3n) is 7.47. The van der Waals surface area contributed by atoms with Crippen LogP contribution in [0.3, 0.4) is 0 Å². The molecule has 0 unspecified atom stereocenters. The van der Waals surface area contributed by atoms with E-state index >= 15 is 0 Å². The topological polar surface area (TPSA) is 121 Å². The zero-order valence-electron chi connectivity index (χ0n) is 25.3. The summed E-state index contributed by atoms with van der Waals surface area (Å²) in [6.45, 7) is 9.22. The Morgan fingerprint density at radius 2 is 1.95 bits per heavy atom. The van der Waals surface area contributed by atoms with Crippen LogP contribution in [-0.2, 0) is 9.59 Å². The second kappa shape index (κ2) is 14.5. The van der Waals surface area contributed by atoms with Crippen molar-refractivity contribution in [1.29, 1.82) is 0 Å². The fraction of sp³-hybridized carbons (Fsp3) is 0.467. The smallest absolute Gasteiger partial charge is 0.247 e. The van der Waals surface area contributed by atoms with Gasteiger partial charge in [0.2, 0.25) is 11.8 Å². The van der Waals surface area contributed by atoms with Crippen molar-refractivity contribution in [3.8, 4) is 5.75 Å². The van der Waals surface area contributed by atoms with Crippen molar-refractivity contribution in [1.82, 2.24) is 25.5 Å². The number of methoxy groups -OCH3 is 1. The minimum Gasteiger partial charge on any atom is -0.494 e. The molecule has 0 saturated carbocycles. The van der Waals surface area contributed by atoms with Crippen molar-refractivity contribution in [2.24, 2.45) is 5.41 Å². The van der Waals surface area contributed by atoms with Crippen LogP contribution in [0.4, 0.5) is 21.6 Å². The quantitative estimate of drug-likeness (QED) is 0.242. The van der Waals surface area contributed by atoms with Crippen LogP contribution in [0, 0.1) is 11.2 Å². The van der Waals surface area contributed by atoms with E-state index in [0.29, 0.717) is 53.4 Å². The molecule has 0 radical (unpaired) electrons. The molecule has 1 aliphatic heterocycles. The molecule has 0 spiro atoms. The standard InChI is InChI=1S/C30H39ClFN7O3.ClH/c1-17(33-5)15-34-26(30(2,3)4)29(41)39-11-7-8-24(39)28(40)38-23-13-19-22(14-25(23)42-6)35-16-36-27(19)37-18-9-10-21(32)20(31)12-18;/h9-10,12-14,16-17,24,26,33-34H,7-8,11,15H2,1-6H3,(H,38,40)(H,35,36,37);1H/t17-,24-,26+;/m0./s1. The van der Waals surface area contributed by atoms with E-state index in [4.69, 9.17) is 16.3 Å². The van der Waals surface area contributed by atoms with E-state index in [1.54, 1.807) is 23.1 Å². The average molecular weight is 637 g/mol. The number of nitrogens with one attached hydrogen (secondary N) is 4. The molecule has 1 saturated heterocycles. The molecule has 2 heterocycles. The predicted molar refractivity (Wildman–Crippen MR) is 171 cm³/mol. The first kappa shape index (κ1) is 34.2. The number of benzene rings is 2. The number of ether oxygens (including phenoxy) is 1. The number of amides is 2. The Kier molecular flexibility index (Phi) is 11.5. The van der Waals surface area contributed by atoms with Gasteiger partial charge in [-0.15, -0.1) is 12.4 Å². The molecule has 2 amide bonds. The maximum Gasteiger partial charge on any atom is 0.247 e. The van der Waals surface area contributed by atoms with Gasteiger partial charge in [-0.3, -0.25) is 9.59 Å². The molecule has 0 bridgehead atoms. The lowest BCUT2D eigenvalue weighted by atomic mass is 9.85. The zero-order valence-corrected chi connectivity index (χ0v) is 26.8. The molecule has 10 nitrogen and oxygen atoms in total. The van der Waals surface area contributed by atoms with Gasteiger partial charge in [-0.25, -0.2) is 14.4 Å². The molecule has 1 aromatic heterocycles. The number of rotatable bonds is 10. The maximum atomic E-state index is 13.8. The van der Waals surface area contributed by atoms with Gasteiger partial charge in [-0.05, 0) is 56.5 Å². The monoisotopic (exact) mass is 635 g/mol. The second-order valence-corrected chi connectivity index (χ2v) is 12.0. The molecule has 13 heteroatoms. The molecule has 4 rings (SSSR count). The van der Waals surface area contributed by atoms with Gasteiger partial charge >= 0.3 is 0 Å². The van der Waals surface area contributed by atoms with Crippen LogP contribution in [0.5, 0.6) is 5.75 Å². The Bertz CT molecular complexity index is 1450. The predicted octanol–water partition coefficient (Wildman–Crippen LogP) is 5.14. The Morgan fingerprint density at radius 3 is 2.60 bits per heavy atom. The van der Waals surface area contributed by atoms with Crippen molar-refractivity contribution >= 4 is 63.9 Å². The van der Waals surface area contributed by atoms with Crippen molar-refractivity contribution in [3.05, 3.63) is 47.5 Å².